The highest BCUT2D eigenvalue weighted by molar-refractivity contribution is 5.53. The summed E-state index contributed by atoms with van der Waals surface area (Å²) in [5, 5.41) is 3.54. The normalized spacial score (nSPS) is 17.6. The molecule has 1 aromatic heterocycles. The third-order valence-electron chi connectivity index (χ3n) is 3.69. The van der Waals surface area contributed by atoms with Crippen molar-refractivity contribution in [1.29, 1.82) is 0 Å². The van der Waals surface area contributed by atoms with Gasteiger partial charge in [0, 0.05) is 6.04 Å². The van der Waals surface area contributed by atoms with Gasteiger partial charge in [-0.3, -0.25) is 0 Å². The maximum absolute atomic E-state index is 5.90. The van der Waals surface area contributed by atoms with Crippen molar-refractivity contribution in [2.75, 3.05) is 11.1 Å². The van der Waals surface area contributed by atoms with E-state index < -0.39 is 0 Å². The Balaban J connectivity index is 2.00. The fraction of sp³-hybridized carbons (Fsp3) is 0.688. The van der Waals surface area contributed by atoms with E-state index in [2.05, 4.69) is 10.3 Å². The molecule has 1 aliphatic carbocycles. The SMILES string of the molecule is CC(C)Oc1nc(NC2CCCCCCC2)ccc1N. The van der Waals surface area contributed by atoms with Gasteiger partial charge in [-0.15, -0.1) is 0 Å². The number of hydrogen-bond acceptors (Lipinski definition) is 4. The first-order valence-corrected chi connectivity index (χ1v) is 7.85. The molecule has 0 spiro atoms. The smallest absolute Gasteiger partial charge is 0.239 e. The van der Waals surface area contributed by atoms with Gasteiger partial charge in [-0.05, 0) is 38.8 Å². The molecule has 0 atom stereocenters. The van der Waals surface area contributed by atoms with Crippen LogP contribution in [0.1, 0.15) is 58.8 Å². The number of ether oxygens (including phenoxy) is 1. The van der Waals surface area contributed by atoms with E-state index in [4.69, 9.17) is 10.5 Å². The summed E-state index contributed by atoms with van der Waals surface area (Å²) in [5.74, 6) is 1.41. The molecule has 20 heavy (non-hydrogen) atoms. The average Bonchev–Trinajstić information content (AvgIpc) is 2.36. The molecular weight excluding hydrogens is 250 g/mol. The zero-order valence-corrected chi connectivity index (χ0v) is 12.7. The Bertz CT molecular complexity index is 412. The highest BCUT2D eigenvalue weighted by atomic mass is 16.5. The molecule has 1 aliphatic rings. The van der Waals surface area contributed by atoms with Gasteiger partial charge >= 0.3 is 0 Å². The van der Waals surface area contributed by atoms with Crippen LogP contribution in [0.5, 0.6) is 5.88 Å². The minimum Gasteiger partial charge on any atom is -0.473 e. The van der Waals surface area contributed by atoms with Gasteiger partial charge in [0.2, 0.25) is 5.88 Å². The first kappa shape index (κ1) is 14.9. The molecule has 0 saturated heterocycles. The van der Waals surface area contributed by atoms with Crippen molar-refractivity contribution in [3.63, 3.8) is 0 Å². The summed E-state index contributed by atoms with van der Waals surface area (Å²) >= 11 is 0. The average molecular weight is 277 g/mol. The number of nitrogens with one attached hydrogen (secondary N) is 1. The molecule has 1 saturated carbocycles. The Morgan fingerprint density at radius 2 is 1.80 bits per heavy atom. The maximum Gasteiger partial charge on any atom is 0.239 e. The quantitative estimate of drug-likeness (QED) is 0.874. The van der Waals surface area contributed by atoms with Gasteiger partial charge in [0.25, 0.3) is 0 Å². The van der Waals surface area contributed by atoms with Crippen molar-refractivity contribution in [3.05, 3.63) is 12.1 Å². The number of nitrogens with zero attached hydrogens (tertiary/aromatic N) is 1. The van der Waals surface area contributed by atoms with E-state index in [-0.39, 0.29) is 6.10 Å². The minimum absolute atomic E-state index is 0.0847. The number of aromatic nitrogens is 1. The molecule has 0 bridgehead atoms. The highest BCUT2D eigenvalue weighted by Crippen LogP contribution is 2.24. The Hall–Kier alpha value is -1.45. The van der Waals surface area contributed by atoms with Crippen LogP contribution in [0.2, 0.25) is 0 Å². The number of pyridine rings is 1. The lowest BCUT2D eigenvalue weighted by Gasteiger charge is -2.22. The van der Waals surface area contributed by atoms with Gasteiger partial charge in [-0.25, -0.2) is 0 Å². The fourth-order valence-corrected chi connectivity index (χ4v) is 2.66. The lowest BCUT2D eigenvalue weighted by Crippen LogP contribution is -2.21. The summed E-state index contributed by atoms with van der Waals surface area (Å²) in [4.78, 5) is 4.50. The van der Waals surface area contributed by atoms with Gasteiger partial charge in [-0.1, -0.05) is 32.1 Å². The molecule has 0 radical (unpaired) electrons. The zero-order chi connectivity index (χ0) is 14.4. The van der Waals surface area contributed by atoms with Crippen molar-refractivity contribution >= 4 is 11.5 Å². The summed E-state index contributed by atoms with van der Waals surface area (Å²) in [6.45, 7) is 3.96. The van der Waals surface area contributed by atoms with E-state index in [1.165, 1.54) is 44.9 Å². The van der Waals surface area contributed by atoms with Crippen LogP contribution < -0.4 is 15.8 Å². The molecule has 0 unspecified atom stereocenters. The second-order valence-corrected chi connectivity index (χ2v) is 5.94. The Kier molecular flexibility index (Phi) is 5.50. The molecule has 1 aromatic rings. The van der Waals surface area contributed by atoms with Crippen LogP contribution in [0.15, 0.2) is 12.1 Å². The third kappa shape index (κ3) is 4.58. The van der Waals surface area contributed by atoms with Gasteiger partial charge in [0.1, 0.15) is 5.82 Å². The Morgan fingerprint density at radius 1 is 1.15 bits per heavy atom. The van der Waals surface area contributed by atoms with Crippen LogP contribution in [0.25, 0.3) is 0 Å². The van der Waals surface area contributed by atoms with Crippen molar-refractivity contribution in [2.45, 2.75) is 70.9 Å². The highest BCUT2D eigenvalue weighted by Gasteiger charge is 2.13. The standard InChI is InChI=1S/C16H27N3O/c1-12(2)20-16-14(17)10-11-15(19-16)18-13-8-6-4-3-5-7-9-13/h10-13H,3-9,17H2,1-2H3,(H,18,19). The lowest BCUT2D eigenvalue weighted by atomic mass is 9.97. The van der Waals surface area contributed by atoms with Crippen molar-refractivity contribution in [2.24, 2.45) is 0 Å². The van der Waals surface area contributed by atoms with Crippen LogP contribution in [-0.4, -0.2) is 17.1 Å². The molecule has 0 aromatic carbocycles. The van der Waals surface area contributed by atoms with Crippen LogP contribution in [0.4, 0.5) is 11.5 Å². The third-order valence-corrected chi connectivity index (χ3v) is 3.69. The number of rotatable bonds is 4. The topological polar surface area (TPSA) is 60.2 Å². The van der Waals surface area contributed by atoms with Crippen molar-refractivity contribution < 1.29 is 4.74 Å². The Morgan fingerprint density at radius 3 is 2.45 bits per heavy atom. The lowest BCUT2D eigenvalue weighted by molar-refractivity contribution is 0.234. The van der Waals surface area contributed by atoms with Crippen LogP contribution in [0.3, 0.4) is 0 Å². The summed E-state index contributed by atoms with van der Waals surface area (Å²) < 4.78 is 5.64. The Labute approximate surface area is 122 Å². The molecule has 4 heteroatoms. The number of hydrogen-bond donors (Lipinski definition) is 2. The fourth-order valence-electron chi connectivity index (χ4n) is 2.66. The summed E-state index contributed by atoms with van der Waals surface area (Å²) in [6.07, 6.45) is 9.26. The minimum atomic E-state index is 0.0847. The van der Waals surface area contributed by atoms with Gasteiger partial charge in [0.05, 0.1) is 11.8 Å². The van der Waals surface area contributed by atoms with Crippen molar-refractivity contribution in [3.8, 4) is 5.88 Å². The van der Waals surface area contributed by atoms with E-state index in [0.717, 1.165) is 5.82 Å². The van der Waals surface area contributed by atoms with Gasteiger partial charge < -0.3 is 15.8 Å². The summed E-state index contributed by atoms with van der Waals surface area (Å²) in [7, 11) is 0. The van der Waals surface area contributed by atoms with Gasteiger partial charge in [0.15, 0.2) is 0 Å². The predicted octanol–water partition coefficient (Wildman–Crippen LogP) is 3.98. The second-order valence-electron chi connectivity index (χ2n) is 5.94. The van der Waals surface area contributed by atoms with Crippen LogP contribution in [0, 0.1) is 0 Å². The molecule has 0 aliphatic heterocycles. The summed E-state index contributed by atoms with van der Waals surface area (Å²) in [6, 6.07) is 4.34. The van der Waals surface area contributed by atoms with E-state index >= 15 is 0 Å². The molecule has 112 valence electrons. The van der Waals surface area contributed by atoms with Crippen molar-refractivity contribution in [1.82, 2.24) is 4.98 Å². The molecule has 0 amide bonds. The van der Waals surface area contributed by atoms with E-state index in [9.17, 15) is 0 Å². The van der Waals surface area contributed by atoms with E-state index in [1.54, 1.807) is 0 Å². The second kappa shape index (κ2) is 7.36. The predicted molar refractivity (Wildman–Crippen MR) is 84.1 cm³/mol. The van der Waals surface area contributed by atoms with Gasteiger partial charge in [-0.2, -0.15) is 4.98 Å². The first-order chi connectivity index (χ1) is 9.65. The summed E-state index contributed by atoms with van der Waals surface area (Å²) in [5.41, 5.74) is 6.50. The molecule has 3 N–H and O–H groups in total. The largest absolute Gasteiger partial charge is 0.473 e. The molecule has 2 rings (SSSR count). The van der Waals surface area contributed by atoms with E-state index in [0.29, 0.717) is 17.6 Å². The number of nitrogens with two attached hydrogens (primary N) is 1. The number of anilines is 2. The maximum atomic E-state index is 5.90. The molecular formula is C16H27N3O. The van der Waals surface area contributed by atoms with Crippen LogP contribution >= 0.6 is 0 Å². The molecule has 1 fully saturated rings. The van der Waals surface area contributed by atoms with Crippen LogP contribution in [-0.2, 0) is 0 Å². The molecule has 1 heterocycles. The van der Waals surface area contributed by atoms with E-state index in [1.807, 2.05) is 26.0 Å². The first-order valence-electron chi connectivity index (χ1n) is 7.85. The molecule has 4 nitrogen and oxygen atoms in total. The number of nitrogen functional groups attached to an aromatic ring is 1. The zero-order valence-electron chi connectivity index (χ0n) is 12.7. The monoisotopic (exact) mass is 277 g/mol.